The third-order valence-corrected chi connectivity index (χ3v) is 4.91. The zero-order valence-corrected chi connectivity index (χ0v) is 17.2. The Morgan fingerprint density at radius 2 is 1.85 bits per heavy atom. The van der Waals surface area contributed by atoms with E-state index in [1.165, 1.54) is 0 Å². The molecule has 1 aromatic rings. The monoisotopic (exact) mass is 375 g/mol. The van der Waals surface area contributed by atoms with E-state index < -0.39 is 5.60 Å². The summed E-state index contributed by atoms with van der Waals surface area (Å²) in [6.45, 7) is 11.8. The van der Waals surface area contributed by atoms with Crippen LogP contribution >= 0.6 is 0 Å². The van der Waals surface area contributed by atoms with Crippen LogP contribution in [0.3, 0.4) is 0 Å². The predicted molar refractivity (Wildman–Crippen MR) is 108 cm³/mol. The molecule has 1 unspecified atom stereocenters. The molecule has 1 aliphatic heterocycles. The van der Waals surface area contributed by atoms with E-state index in [0.29, 0.717) is 12.5 Å². The van der Waals surface area contributed by atoms with Crippen LogP contribution in [0.25, 0.3) is 0 Å². The fraction of sp³-hybridized carbons (Fsp3) is 0.619. The molecule has 6 nitrogen and oxygen atoms in total. The molecule has 6 heteroatoms. The van der Waals surface area contributed by atoms with Crippen LogP contribution in [-0.4, -0.2) is 48.2 Å². The van der Waals surface area contributed by atoms with E-state index in [2.05, 4.69) is 15.5 Å². The number of piperidine rings is 1. The zero-order chi connectivity index (χ0) is 20.0. The number of benzene rings is 1. The average molecular weight is 376 g/mol. The number of nitrogens with zero attached hydrogens (tertiary/aromatic N) is 1. The molecule has 1 aliphatic rings. The van der Waals surface area contributed by atoms with Crippen LogP contribution in [0.4, 0.5) is 10.5 Å². The average Bonchev–Trinajstić information content (AvgIpc) is 2.60. The zero-order valence-electron chi connectivity index (χ0n) is 17.2. The number of likely N-dealkylation sites (tertiary alicyclic amines) is 1. The van der Waals surface area contributed by atoms with Crippen LogP contribution in [0.5, 0.6) is 0 Å². The highest BCUT2D eigenvalue weighted by molar-refractivity contribution is 5.95. The Bertz CT molecular complexity index is 646. The van der Waals surface area contributed by atoms with Gasteiger partial charge in [-0.1, -0.05) is 18.2 Å². The van der Waals surface area contributed by atoms with Gasteiger partial charge in [-0.15, -0.1) is 0 Å². The van der Waals surface area contributed by atoms with Crippen molar-refractivity contribution in [2.45, 2.75) is 59.1 Å². The van der Waals surface area contributed by atoms with Gasteiger partial charge in [-0.2, -0.15) is 0 Å². The van der Waals surface area contributed by atoms with Gasteiger partial charge in [-0.3, -0.25) is 9.69 Å². The molecule has 0 radical (unpaired) electrons. The molecule has 2 rings (SSSR count). The molecular weight excluding hydrogens is 342 g/mol. The maximum absolute atomic E-state index is 12.6. The number of carbonyl (C=O) groups is 2. The van der Waals surface area contributed by atoms with Gasteiger partial charge in [0.05, 0.1) is 6.04 Å². The summed E-state index contributed by atoms with van der Waals surface area (Å²) in [4.78, 5) is 26.5. The highest BCUT2D eigenvalue weighted by Gasteiger charge is 2.27. The second kappa shape index (κ2) is 9.22. The van der Waals surface area contributed by atoms with Gasteiger partial charge in [-0.05, 0) is 78.1 Å². The molecule has 0 spiro atoms. The Morgan fingerprint density at radius 3 is 2.44 bits per heavy atom. The fourth-order valence-electron chi connectivity index (χ4n) is 3.20. The Labute approximate surface area is 162 Å². The van der Waals surface area contributed by atoms with Crippen molar-refractivity contribution in [1.82, 2.24) is 10.2 Å². The van der Waals surface area contributed by atoms with Crippen LogP contribution in [0, 0.1) is 12.8 Å². The molecule has 0 saturated carbocycles. The van der Waals surface area contributed by atoms with Gasteiger partial charge in [0.15, 0.2) is 0 Å². The minimum absolute atomic E-state index is 0.0228. The second-order valence-electron chi connectivity index (χ2n) is 8.34. The molecule has 27 heavy (non-hydrogen) atoms. The smallest absolute Gasteiger partial charge is 0.407 e. The fourth-order valence-corrected chi connectivity index (χ4v) is 3.20. The number of rotatable bonds is 5. The molecule has 2 amide bonds. The number of carbonyl (C=O) groups excluding carboxylic acids is 2. The molecule has 0 bridgehead atoms. The predicted octanol–water partition coefficient (Wildman–Crippen LogP) is 3.56. The minimum atomic E-state index is -0.479. The summed E-state index contributed by atoms with van der Waals surface area (Å²) in [7, 11) is 0. The van der Waals surface area contributed by atoms with Gasteiger partial charge < -0.3 is 15.4 Å². The van der Waals surface area contributed by atoms with Crippen molar-refractivity contribution in [3.05, 3.63) is 29.8 Å². The number of anilines is 1. The van der Waals surface area contributed by atoms with Crippen LogP contribution < -0.4 is 10.6 Å². The standard InChI is InChI=1S/C21H33N3O3/c1-15-8-6-7-9-18(15)23-19(25)16(2)24-12-10-17(11-13-24)14-22-20(26)27-21(3,4)5/h6-9,16-17H,10-14H2,1-5H3,(H,22,26)(H,23,25). The first-order valence-electron chi connectivity index (χ1n) is 9.73. The van der Waals surface area contributed by atoms with E-state index >= 15 is 0 Å². The number of amides is 2. The number of aryl methyl sites for hydroxylation is 1. The van der Waals surface area contributed by atoms with Crippen LogP contribution in [0.15, 0.2) is 24.3 Å². The first kappa shape index (κ1) is 21.2. The number of hydrogen-bond donors (Lipinski definition) is 2. The van der Waals surface area contributed by atoms with Crippen molar-refractivity contribution in [2.75, 3.05) is 25.0 Å². The van der Waals surface area contributed by atoms with Crippen molar-refractivity contribution in [1.29, 1.82) is 0 Å². The lowest BCUT2D eigenvalue weighted by Crippen LogP contribution is -2.47. The summed E-state index contributed by atoms with van der Waals surface area (Å²) >= 11 is 0. The molecule has 1 heterocycles. The lowest BCUT2D eigenvalue weighted by molar-refractivity contribution is -0.121. The van der Waals surface area contributed by atoms with E-state index in [9.17, 15) is 9.59 Å². The maximum Gasteiger partial charge on any atom is 0.407 e. The Hall–Kier alpha value is -2.08. The van der Waals surface area contributed by atoms with Crippen LogP contribution in [0.2, 0.25) is 0 Å². The summed E-state index contributed by atoms with van der Waals surface area (Å²) in [5, 5.41) is 5.88. The Kier molecular flexibility index (Phi) is 7.25. The number of alkyl carbamates (subject to hydrolysis) is 1. The van der Waals surface area contributed by atoms with E-state index in [-0.39, 0.29) is 18.0 Å². The quantitative estimate of drug-likeness (QED) is 0.825. The van der Waals surface area contributed by atoms with E-state index in [0.717, 1.165) is 37.2 Å². The third-order valence-electron chi connectivity index (χ3n) is 4.91. The molecule has 2 N–H and O–H groups in total. The summed E-state index contributed by atoms with van der Waals surface area (Å²) < 4.78 is 5.27. The highest BCUT2D eigenvalue weighted by Crippen LogP contribution is 2.20. The topological polar surface area (TPSA) is 70.7 Å². The second-order valence-corrected chi connectivity index (χ2v) is 8.34. The number of hydrogen-bond acceptors (Lipinski definition) is 4. The van der Waals surface area contributed by atoms with Crippen LogP contribution in [0.1, 0.15) is 46.1 Å². The maximum atomic E-state index is 12.6. The van der Waals surface area contributed by atoms with Gasteiger partial charge in [0.2, 0.25) is 5.91 Å². The SMILES string of the molecule is Cc1ccccc1NC(=O)C(C)N1CCC(CNC(=O)OC(C)(C)C)CC1. The molecule has 1 atom stereocenters. The van der Waals surface area contributed by atoms with Crippen molar-refractivity contribution in [2.24, 2.45) is 5.92 Å². The number of nitrogens with one attached hydrogen (secondary N) is 2. The van der Waals surface area contributed by atoms with Gasteiger partial charge in [0, 0.05) is 12.2 Å². The van der Waals surface area contributed by atoms with Crippen LogP contribution in [-0.2, 0) is 9.53 Å². The molecule has 1 saturated heterocycles. The largest absolute Gasteiger partial charge is 0.444 e. The lowest BCUT2D eigenvalue weighted by atomic mass is 9.95. The van der Waals surface area contributed by atoms with Crippen molar-refractivity contribution in [3.8, 4) is 0 Å². The molecule has 1 aromatic carbocycles. The summed E-state index contributed by atoms with van der Waals surface area (Å²) in [6, 6.07) is 7.63. The lowest BCUT2D eigenvalue weighted by Gasteiger charge is -2.35. The molecular formula is C21H33N3O3. The third kappa shape index (κ3) is 6.86. The first-order chi connectivity index (χ1) is 12.7. The Balaban J connectivity index is 1.75. The number of para-hydroxylation sites is 1. The molecule has 150 valence electrons. The van der Waals surface area contributed by atoms with E-state index in [1.807, 2.05) is 58.9 Å². The Morgan fingerprint density at radius 1 is 1.22 bits per heavy atom. The van der Waals surface area contributed by atoms with Gasteiger partial charge in [0.25, 0.3) is 0 Å². The van der Waals surface area contributed by atoms with Crippen molar-refractivity contribution < 1.29 is 14.3 Å². The van der Waals surface area contributed by atoms with Gasteiger partial charge in [0.1, 0.15) is 5.60 Å². The van der Waals surface area contributed by atoms with Gasteiger partial charge in [-0.25, -0.2) is 4.79 Å². The van der Waals surface area contributed by atoms with Gasteiger partial charge >= 0.3 is 6.09 Å². The summed E-state index contributed by atoms with van der Waals surface area (Å²) in [6.07, 6.45) is 1.55. The molecule has 0 aromatic heterocycles. The van der Waals surface area contributed by atoms with E-state index in [4.69, 9.17) is 4.74 Å². The number of ether oxygens (including phenoxy) is 1. The minimum Gasteiger partial charge on any atom is -0.444 e. The summed E-state index contributed by atoms with van der Waals surface area (Å²) in [5.74, 6) is 0.440. The van der Waals surface area contributed by atoms with Crippen molar-refractivity contribution >= 4 is 17.7 Å². The normalized spacial score (nSPS) is 17.2. The van der Waals surface area contributed by atoms with E-state index in [1.54, 1.807) is 0 Å². The first-order valence-corrected chi connectivity index (χ1v) is 9.73. The molecule has 0 aliphatic carbocycles. The molecule has 1 fully saturated rings. The summed E-state index contributed by atoms with van der Waals surface area (Å²) in [5.41, 5.74) is 1.45. The highest BCUT2D eigenvalue weighted by atomic mass is 16.6. The van der Waals surface area contributed by atoms with Crippen molar-refractivity contribution in [3.63, 3.8) is 0 Å².